The van der Waals surface area contributed by atoms with Crippen molar-refractivity contribution in [3.8, 4) is 0 Å². The third-order valence-corrected chi connectivity index (χ3v) is 15.8. The maximum atomic E-state index is 5.85. The SMILES string of the molecule is CC[Si](CCCOCCCN([Si](C)(C)C)[Si](C)(C)C)(OC)OC. The van der Waals surface area contributed by atoms with Crippen LogP contribution in [0.1, 0.15) is 19.8 Å². The second-order valence-corrected chi connectivity index (χ2v) is 22.3. The van der Waals surface area contributed by atoms with Gasteiger partial charge in [0, 0.05) is 27.4 Å². The minimum atomic E-state index is -1.93. The van der Waals surface area contributed by atoms with E-state index in [0.717, 1.165) is 38.1 Å². The van der Waals surface area contributed by atoms with Gasteiger partial charge < -0.3 is 17.8 Å². The zero-order valence-electron chi connectivity index (χ0n) is 17.1. The van der Waals surface area contributed by atoms with E-state index in [2.05, 4.69) is 50.4 Å². The van der Waals surface area contributed by atoms with Gasteiger partial charge in [0.2, 0.25) is 0 Å². The molecule has 23 heavy (non-hydrogen) atoms. The van der Waals surface area contributed by atoms with E-state index in [0.29, 0.717) is 0 Å². The zero-order chi connectivity index (χ0) is 18.1. The van der Waals surface area contributed by atoms with Crippen LogP contribution < -0.4 is 0 Å². The van der Waals surface area contributed by atoms with Crippen LogP contribution in [0, 0.1) is 0 Å². The zero-order valence-corrected chi connectivity index (χ0v) is 20.1. The summed E-state index contributed by atoms with van der Waals surface area (Å²) in [6.07, 6.45) is 2.17. The minimum absolute atomic E-state index is 0.821. The molecule has 0 spiro atoms. The molecule has 0 unspecified atom stereocenters. The lowest BCUT2D eigenvalue weighted by Gasteiger charge is -2.43. The highest BCUT2D eigenvalue weighted by atomic mass is 28.4. The first-order chi connectivity index (χ1) is 10.5. The van der Waals surface area contributed by atoms with Gasteiger partial charge in [-0.2, -0.15) is 0 Å². The summed E-state index contributed by atoms with van der Waals surface area (Å²) in [6.45, 7) is 19.8. The fourth-order valence-corrected chi connectivity index (χ4v) is 15.2. The van der Waals surface area contributed by atoms with Gasteiger partial charge in [0.1, 0.15) is 16.5 Å². The maximum Gasteiger partial charge on any atom is 0.337 e. The molecular formula is C16H41NO3Si3. The molecule has 0 rings (SSSR count). The largest absolute Gasteiger partial charge is 0.398 e. The highest BCUT2D eigenvalue weighted by Gasteiger charge is 2.34. The third-order valence-electron chi connectivity index (χ3n) is 4.42. The highest BCUT2D eigenvalue weighted by molar-refractivity contribution is 6.89. The molecule has 0 heterocycles. The normalized spacial score (nSPS) is 13.8. The lowest BCUT2D eigenvalue weighted by molar-refractivity contribution is 0.127. The summed E-state index contributed by atoms with van der Waals surface area (Å²) in [4.78, 5) is 0. The van der Waals surface area contributed by atoms with Crippen molar-refractivity contribution in [1.82, 2.24) is 4.23 Å². The van der Waals surface area contributed by atoms with Gasteiger partial charge in [0.15, 0.2) is 0 Å². The molecule has 4 nitrogen and oxygen atoms in total. The van der Waals surface area contributed by atoms with Crippen LogP contribution in [-0.2, 0) is 13.6 Å². The van der Waals surface area contributed by atoms with Gasteiger partial charge in [-0.15, -0.1) is 0 Å². The fraction of sp³-hybridized carbons (Fsp3) is 1.00. The monoisotopic (exact) mass is 379 g/mol. The van der Waals surface area contributed by atoms with Crippen molar-refractivity contribution in [2.45, 2.75) is 71.1 Å². The first-order valence-corrected chi connectivity index (χ1v) is 18.1. The van der Waals surface area contributed by atoms with E-state index in [9.17, 15) is 0 Å². The molecule has 0 aliphatic carbocycles. The minimum Gasteiger partial charge on any atom is -0.398 e. The number of hydrogen-bond acceptors (Lipinski definition) is 4. The summed E-state index contributed by atoms with van der Waals surface area (Å²) in [5.74, 6) is 0. The summed E-state index contributed by atoms with van der Waals surface area (Å²) in [7, 11) is -0.822. The van der Waals surface area contributed by atoms with Gasteiger partial charge in [-0.3, -0.25) is 0 Å². The standard InChI is InChI=1S/C16H41NO3Si3/c1-10-23(18-2,19-3)16-12-15-20-14-11-13-17(21(4,5)6)22(7,8)9/h10-16H2,1-9H3. The molecule has 0 atom stereocenters. The smallest absolute Gasteiger partial charge is 0.337 e. The first-order valence-electron chi connectivity index (χ1n) is 8.98. The Labute approximate surface area is 148 Å². The molecular weight excluding hydrogens is 338 g/mol. The molecule has 0 saturated heterocycles. The Morgan fingerprint density at radius 2 is 1.26 bits per heavy atom. The number of ether oxygens (including phenoxy) is 1. The van der Waals surface area contributed by atoms with Crippen LogP contribution in [0.2, 0.25) is 51.4 Å². The van der Waals surface area contributed by atoms with Crippen LogP contribution in [0.5, 0.6) is 0 Å². The Morgan fingerprint density at radius 3 is 1.65 bits per heavy atom. The fourth-order valence-electron chi connectivity index (χ4n) is 3.30. The Balaban J connectivity index is 4.01. The molecule has 0 aromatic carbocycles. The van der Waals surface area contributed by atoms with Crippen molar-refractivity contribution in [2.75, 3.05) is 34.0 Å². The molecule has 140 valence electrons. The van der Waals surface area contributed by atoms with Crippen LogP contribution >= 0.6 is 0 Å². The second-order valence-electron chi connectivity index (χ2n) is 8.24. The summed E-state index contributed by atoms with van der Waals surface area (Å²) < 4.78 is 19.9. The maximum absolute atomic E-state index is 5.85. The highest BCUT2D eigenvalue weighted by Crippen LogP contribution is 2.20. The molecule has 0 aromatic rings. The van der Waals surface area contributed by atoms with Crippen LogP contribution in [0.4, 0.5) is 0 Å². The van der Waals surface area contributed by atoms with Crippen molar-refractivity contribution in [3.05, 3.63) is 0 Å². The first kappa shape index (κ1) is 23.5. The molecule has 0 saturated carbocycles. The topological polar surface area (TPSA) is 30.9 Å². The average molecular weight is 380 g/mol. The van der Waals surface area contributed by atoms with Gasteiger partial charge in [-0.05, 0) is 31.5 Å². The second kappa shape index (κ2) is 10.5. The van der Waals surface area contributed by atoms with Crippen molar-refractivity contribution in [2.24, 2.45) is 0 Å². The van der Waals surface area contributed by atoms with Gasteiger partial charge >= 0.3 is 8.56 Å². The molecule has 0 fully saturated rings. The Morgan fingerprint density at radius 1 is 0.783 bits per heavy atom. The van der Waals surface area contributed by atoms with Crippen LogP contribution in [0.15, 0.2) is 0 Å². The van der Waals surface area contributed by atoms with E-state index in [1.54, 1.807) is 14.2 Å². The van der Waals surface area contributed by atoms with Crippen LogP contribution in [0.25, 0.3) is 0 Å². The summed E-state index contributed by atoms with van der Waals surface area (Å²) >= 11 is 0. The number of rotatable bonds is 13. The molecule has 0 N–H and O–H groups in total. The predicted molar refractivity (Wildman–Crippen MR) is 109 cm³/mol. The van der Waals surface area contributed by atoms with E-state index in [4.69, 9.17) is 13.6 Å². The van der Waals surface area contributed by atoms with E-state index in [1.807, 2.05) is 0 Å². The molecule has 0 aliphatic rings. The third kappa shape index (κ3) is 8.95. The number of nitrogens with zero attached hydrogens (tertiary/aromatic N) is 1. The summed E-state index contributed by atoms with van der Waals surface area (Å²) in [5.41, 5.74) is 0. The van der Waals surface area contributed by atoms with Crippen molar-refractivity contribution >= 4 is 25.0 Å². The van der Waals surface area contributed by atoms with Crippen molar-refractivity contribution in [1.29, 1.82) is 0 Å². The lowest BCUT2D eigenvalue weighted by Crippen LogP contribution is -2.59. The van der Waals surface area contributed by atoms with Crippen molar-refractivity contribution < 1.29 is 13.6 Å². The molecule has 0 radical (unpaired) electrons. The van der Waals surface area contributed by atoms with Gasteiger partial charge in [0.25, 0.3) is 0 Å². The molecule has 0 aromatic heterocycles. The van der Waals surface area contributed by atoms with Gasteiger partial charge in [-0.25, -0.2) is 0 Å². The lowest BCUT2D eigenvalue weighted by atomic mass is 10.4. The summed E-state index contributed by atoms with van der Waals surface area (Å²) in [6, 6.07) is 2.02. The molecule has 7 heteroatoms. The van der Waals surface area contributed by atoms with E-state index >= 15 is 0 Å². The average Bonchev–Trinajstić information content (AvgIpc) is 2.44. The Bertz CT molecular complexity index is 290. The molecule has 0 amide bonds. The number of hydrogen-bond donors (Lipinski definition) is 0. The van der Waals surface area contributed by atoms with E-state index in [1.165, 1.54) is 6.54 Å². The summed E-state index contributed by atoms with van der Waals surface area (Å²) in [5, 5.41) is 0. The molecule has 0 aliphatic heterocycles. The van der Waals surface area contributed by atoms with E-state index in [-0.39, 0.29) is 0 Å². The van der Waals surface area contributed by atoms with Crippen LogP contribution in [-0.4, -0.2) is 63.2 Å². The van der Waals surface area contributed by atoms with Crippen molar-refractivity contribution in [3.63, 3.8) is 0 Å². The van der Waals surface area contributed by atoms with Crippen LogP contribution in [0.3, 0.4) is 0 Å². The predicted octanol–water partition coefficient (Wildman–Crippen LogP) is 4.51. The van der Waals surface area contributed by atoms with E-state index < -0.39 is 25.0 Å². The Kier molecular flexibility index (Phi) is 10.7. The Hall–Kier alpha value is 0.491. The quantitative estimate of drug-likeness (QED) is 0.348. The van der Waals surface area contributed by atoms with Gasteiger partial charge in [-0.1, -0.05) is 46.2 Å². The molecule has 0 bridgehead atoms. The van der Waals surface area contributed by atoms with Gasteiger partial charge in [0.05, 0.1) is 0 Å².